The molecule has 0 bridgehead atoms. The maximum absolute atomic E-state index is 10.1. The van der Waals surface area contributed by atoms with E-state index in [-0.39, 0.29) is 0 Å². The first kappa shape index (κ1) is 12.2. The molecule has 0 saturated heterocycles. The first-order valence-corrected chi connectivity index (χ1v) is 6.71. The predicted octanol–water partition coefficient (Wildman–Crippen LogP) is 2.42. The number of imidazole rings is 1. The molecule has 2 rings (SSSR count). The quantitative estimate of drug-likeness (QED) is 0.844. The summed E-state index contributed by atoms with van der Waals surface area (Å²) in [4.78, 5) is 5.42. The van der Waals surface area contributed by atoms with Crippen LogP contribution < -0.4 is 0 Å². The predicted molar refractivity (Wildman–Crippen MR) is 70.1 cm³/mol. The van der Waals surface area contributed by atoms with Gasteiger partial charge in [0.25, 0.3) is 0 Å². The van der Waals surface area contributed by atoms with Gasteiger partial charge in [0, 0.05) is 30.8 Å². The largest absolute Gasteiger partial charge is 0.388 e. The van der Waals surface area contributed by atoms with E-state index in [2.05, 4.69) is 4.98 Å². The number of rotatable bonds is 4. The molecule has 0 amide bonds. The molecular weight excluding hydrogens is 232 g/mol. The first-order valence-electron chi connectivity index (χ1n) is 5.49. The van der Waals surface area contributed by atoms with Gasteiger partial charge in [0.05, 0.1) is 6.10 Å². The Morgan fingerprint density at radius 2 is 2.06 bits per heavy atom. The number of thioether (sulfide) groups is 1. The van der Waals surface area contributed by atoms with Crippen LogP contribution in [0.25, 0.3) is 0 Å². The second-order valence-corrected chi connectivity index (χ2v) is 4.83. The van der Waals surface area contributed by atoms with E-state index in [1.54, 1.807) is 18.0 Å². The minimum absolute atomic E-state index is 0.494. The van der Waals surface area contributed by atoms with Gasteiger partial charge in [-0.25, -0.2) is 4.98 Å². The van der Waals surface area contributed by atoms with E-state index in [0.717, 1.165) is 11.4 Å². The van der Waals surface area contributed by atoms with Gasteiger partial charge in [-0.15, -0.1) is 11.8 Å². The zero-order valence-corrected chi connectivity index (χ0v) is 10.8. The van der Waals surface area contributed by atoms with Crippen LogP contribution in [0.15, 0.2) is 41.6 Å². The van der Waals surface area contributed by atoms with E-state index in [1.165, 1.54) is 4.90 Å². The van der Waals surface area contributed by atoms with Crippen LogP contribution in [0.1, 0.15) is 17.5 Å². The van der Waals surface area contributed by atoms with Crippen LogP contribution in [0.5, 0.6) is 0 Å². The monoisotopic (exact) mass is 248 g/mol. The molecule has 4 heteroatoms. The lowest BCUT2D eigenvalue weighted by atomic mass is 10.1. The van der Waals surface area contributed by atoms with Crippen molar-refractivity contribution in [3.8, 4) is 0 Å². The molecule has 1 atom stereocenters. The molecule has 0 spiro atoms. The Bertz CT molecular complexity index is 478. The molecule has 3 nitrogen and oxygen atoms in total. The fraction of sp³-hybridized carbons (Fsp3) is 0.308. The Morgan fingerprint density at radius 3 is 2.59 bits per heavy atom. The van der Waals surface area contributed by atoms with Crippen molar-refractivity contribution in [2.24, 2.45) is 7.05 Å². The molecule has 0 aliphatic heterocycles. The van der Waals surface area contributed by atoms with E-state index in [1.807, 2.05) is 48.3 Å². The molecule has 1 heterocycles. The lowest BCUT2D eigenvalue weighted by molar-refractivity contribution is 0.175. The van der Waals surface area contributed by atoms with Gasteiger partial charge in [-0.05, 0) is 24.0 Å². The van der Waals surface area contributed by atoms with Crippen LogP contribution in [-0.4, -0.2) is 20.9 Å². The highest BCUT2D eigenvalue weighted by Gasteiger charge is 2.11. The highest BCUT2D eigenvalue weighted by Crippen LogP contribution is 2.21. The van der Waals surface area contributed by atoms with Crippen LogP contribution in [0.3, 0.4) is 0 Å². The first-order chi connectivity index (χ1) is 8.20. The standard InChI is InChI=1S/C13H16N2OS/c1-15-8-7-14-13(15)9-12(16)10-3-5-11(17-2)6-4-10/h3-8,12,16H,9H2,1-2H3. The molecule has 0 fully saturated rings. The summed E-state index contributed by atoms with van der Waals surface area (Å²) in [6, 6.07) is 8.00. The van der Waals surface area contributed by atoms with Crippen molar-refractivity contribution in [1.29, 1.82) is 0 Å². The normalized spacial score (nSPS) is 12.6. The number of aromatic nitrogens is 2. The van der Waals surface area contributed by atoms with Crippen LogP contribution >= 0.6 is 11.8 Å². The molecule has 2 aromatic rings. The highest BCUT2D eigenvalue weighted by molar-refractivity contribution is 7.98. The molecule has 0 aliphatic rings. The Hall–Kier alpha value is -1.26. The smallest absolute Gasteiger partial charge is 0.111 e. The van der Waals surface area contributed by atoms with E-state index < -0.39 is 6.10 Å². The van der Waals surface area contributed by atoms with Crippen molar-refractivity contribution in [3.63, 3.8) is 0 Å². The van der Waals surface area contributed by atoms with E-state index in [4.69, 9.17) is 0 Å². The van der Waals surface area contributed by atoms with Gasteiger partial charge in [0.1, 0.15) is 5.82 Å². The van der Waals surface area contributed by atoms with Crippen molar-refractivity contribution >= 4 is 11.8 Å². The molecule has 90 valence electrons. The molecule has 1 aromatic carbocycles. The summed E-state index contributed by atoms with van der Waals surface area (Å²) < 4.78 is 1.93. The van der Waals surface area contributed by atoms with Crippen LogP contribution in [0.4, 0.5) is 0 Å². The van der Waals surface area contributed by atoms with Crippen LogP contribution in [0, 0.1) is 0 Å². The van der Waals surface area contributed by atoms with Crippen molar-refractivity contribution in [3.05, 3.63) is 48.0 Å². The SMILES string of the molecule is CSc1ccc(C(O)Cc2nccn2C)cc1. The van der Waals surface area contributed by atoms with E-state index in [9.17, 15) is 5.11 Å². The van der Waals surface area contributed by atoms with E-state index >= 15 is 0 Å². The number of aryl methyl sites for hydroxylation is 1. The van der Waals surface area contributed by atoms with Gasteiger partial charge in [0.15, 0.2) is 0 Å². The Kier molecular flexibility index (Phi) is 3.86. The number of nitrogens with zero attached hydrogens (tertiary/aromatic N) is 2. The number of hydrogen-bond acceptors (Lipinski definition) is 3. The summed E-state index contributed by atoms with van der Waals surface area (Å²) in [5.41, 5.74) is 0.936. The third-order valence-corrected chi connectivity index (χ3v) is 3.54. The maximum Gasteiger partial charge on any atom is 0.111 e. The van der Waals surface area contributed by atoms with Gasteiger partial charge in [-0.3, -0.25) is 0 Å². The number of benzene rings is 1. The molecule has 1 unspecified atom stereocenters. The molecule has 0 saturated carbocycles. The minimum atomic E-state index is -0.494. The fourth-order valence-corrected chi connectivity index (χ4v) is 2.12. The average molecular weight is 248 g/mol. The zero-order chi connectivity index (χ0) is 12.3. The number of hydrogen-bond donors (Lipinski definition) is 1. The summed E-state index contributed by atoms with van der Waals surface area (Å²) >= 11 is 1.70. The third-order valence-electron chi connectivity index (χ3n) is 2.80. The summed E-state index contributed by atoms with van der Waals surface area (Å²) in [6.45, 7) is 0. The number of aliphatic hydroxyl groups is 1. The summed E-state index contributed by atoms with van der Waals surface area (Å²) in [5, 5.41) is 10.1. The van der Waals surface area contributed by atoms with Crippen LogP contribution in [-0.2, 0) is 13.5 Å². The van der Waals surface area contributed by atoms with Gasteiger partial charge < -0.3 is 9.67 Å². The highest BCUT2D eigenvalue weighted by atomic mass is 32.2. The van der Waals surface area contributed by atoms with Crippen LogP contribution in [0.2, 0.25) is 0 Å². The van der Waals surface area contributed by atoms with Crippen molar-refractivity contribution in [1.82, 2.24) is 9.55 Å². The molecule has 0 radical (unpaired) electrons. The fourth-order valence-electron chi connectivity index (χ4n) is 1.71. The van der Waals surface area contributed by atoms with Gasteiger partial charge >= 0.3 is 0 Å². The lowest BCUT2D eigenvalue weighted by Crippen LogP contribution is -2.06. The second-order valence-electron chi connectivity index (χ2n) is 3.95. The molecule has 1 aromatic heterocycles. The van der Waals surface area contributed by atoms with Crippen molar-refractivity contribution in [2.75, 3.05) is 6.26 Å². The van der Waals surface area contributed by atoms with Gasteiger partial charge in [-0.1, -0.05) is 12.1 Å². The number of aliphatic hydroxyl groups excluding tert-OH is 1. The van der Waals surface area contributed by atoms with E-state index in [0.29, 0.717) is 6.42 Å². The second kappa shape index (κ2) is 5.38. The summed E-state index contributed by atoms with van der Waals surface area (Å²) in [5.74, 6) is 0.895. The van der Waals surface area contributed by atoms with Gasteiger partial charge in [-0.2, -0.15) is 0 Å². The average Bonchev–Trinajstić information content (AvgIpc) is 2.75. The molecule has 17 heavy (non-hydrogen) atoms. The zero-order valence-electron chi connectivity index (χ0n) is 10.00. The minimum Gasteiger partial charge on any atom is -0.388 e. The Morgan fingerprint density at radius 1 is 1.35 bits per heavy atom. The Balaban J connectivity index is 2.09. The summed E-state index contributed by atoms with van der Waals surface area (Å²) in [7, 11) is 1.94. The van der Waals surface area contributed by atoms with Crippen molar-refractivity contribution < 1.29 is 5.11 Å². The third kappa shape index (κ3) is 2.90. The molecule has 0 aliphatic carbocycles. The Labute approximate surface area is 106 Å². The maximum atomic E-state index is 10.1. The summed E-state index contributed by atoms with van der Waals surface area (Å²) in [6.07, 6.45) is 5.73. The molecule has 1 N–H and O–H groups in total. The molecular formula is C13H16N2OS. The van der Waals surface area contributed by atoms with Crippen molar-refractivity contribution in [2.45, 2.75) is 17.4 Å². The van der Waals surface area contributed by atoms with Gasteiger partial charge in [0.2, 0.25) is 0 Å². The topological polar surface area (TPSA) is 38.1 Å². The lowest BCUT2D eigenvalue weighted by Gasteiger charge is -2.11.